The van der Waals surface area contributed by atoms with Gasteiger partial charge in [0.15, 0.2) is 11.4 Å². The smallest absolute Gasteiger partial charge is 0.416 e. The number of nitrogens with zero attached hydrogens (tertiary/aromatic N) is 3. The normalized spacial score (nSPS) is 16.0. The molecule has 1 saturated heterocycles. The largest absolute Gasteiger partial charge is 0.493 e. The number of nitrogens with one attached hydrogen (secondary N) is 1. The second kappa shape index (κ2) is 8.26. The summed E-state index contributed by atoms with van der Waals surface area (Å²) in [6.07, 6.45) is -1.20. The topological polar surface area (TPSA) is 93.5 Å². The number of hydrogen-bond donors (Lipinski definition) is 1. The summed E-state index contributed by atoms with van der Waals surface area (Å²) < 4.78 is 70.5. The van der Waals surface area contributed by atoms with Gasteiger partial charge in [-0.3, -0.25) is 4.79 Å². The van der Waals surface area contributed by atoms with Gasteiger partial charge in [-0.05, 0) is 31.0 Å². The highest BCUT2D eigenvalue weighted by atomic mass is 32.2. The molecule has 0 bridgehead atoms. The fourth-order valence-electron chi connectivity index (χ4n) is 3.27. The maximum absolute atomic E-state index is 13.0. The SMILES string of the molecule is COc1cn(-c2cccc(C(F)(F)F)c2)nc1C(=O)N1CCC(NS(C)(=O)=O)CC1. The first-order chi connectivity index (χ1) is 14.0. The molecule has 0 aliphatic carbocycles. The molecular weight excluding hydrogens is 425 g/mol. The van der Waals surface area contributed by atoms with E-state index < -0.39 is 27.7 Å². The zero-order valence-electron chi connectivity index (χ0n) is 16.3. The number of halogens is 3. The predicted molar refractivity (Wildman–Crippen MR) is 102 cm³/mol. The van der Waals surface area contributed by atoms with Crippen molar-refractivity contribution >= 4 is 15.9 Å². The average Bonchev–Trinajstić information content (AvgIpc) is 3.11. The van der Waals surface area contributed by atoms with Crippen molar-refractivity contribution in [2.24, 2.45) is 0 Å². The molecule has 0 radical (unpaired) electrons. The van der Waals surface area contributed by atoms with E-state index in [2.05, 4.69) is 9.82 Å². The van der Waals surface area contributed by atoms with Crippen LogP contribution in [0.1, 0.15) is 28.9 Å². The number of benzene rings is 1. The van der Waals surface area contributed by atoms with Crippen LogP contribution in [-0.4, -0.2) is 61.5 Å². The van der Waals surface area contributed by atoms with Crippen LogP contribution >= 0.6 is 0 Å². The van der Waals surface area contributed by atoms with E-state index in [-0.39, 0.29) is 23.2 Å². The highest BCUT2D eigenvalue weighted by molar-refractivity contribution is 7.88. The number of sulfonamides is 1. The molecule has 1 aromatic heterocycles. The van der Waals surface area contributed by atoms with Crippen molar-refractivity contribution in [3.05, 3.63) is 41.7 Å². The van der Waals surface area contributed by atoms with Gasteiger partial charge in [-0.1, -0.05) is 6.07 Å². The fourth-order valence-corrected chi connectivity index (χ4v) is 4.11. The first-order valence-electron chi connectivity index (χ1n) is 9.06. The number of piperidine rings is 1. The molecule has 0 atom stereocenters. The minimum Gasteiger partial charge on any atom is -0.493 e. The summed E-state index contributed by atoms with van der Waals surface area (Å²) in [6.45, 7) is 0.622. The number of amides is 1. The summed E-state index contributed by atoms with van der Waals surface area (Å²) in [4.78, 5) is 14.4. The minimum absolute atomic E-state index is 0.0237. The maximum Gasteiger partial charge on any atom is 0.416 e. The molecule has 8 nitrogen and oxygen atoms in total. The van der Waals surface area contributed by atoms with Gasteiger partial charge in [0.05, 0.1) is 30.8 Å². The number of carbonyl (C=O) groups excluding carboxylic acids is 1. The Morgan fingerprint density at radius 2 is 1.93 bits per heavy atom. The summed E-state index contributed by atoms with van der Waals surface area (Å²) >= 11 is 0. The zero-order valence-corrected chi connectivity index (χ0v) is 17.1. The Morgan fingerprint density at radius 1 is 1.27 bits per heavy atom. The first kappa shape index (κ1) is 22.1. The maximum atomic E-state index is 13.0. The molecule has 1 aromatic carbocycles. The van der Waals surface area contributed by atoms with Crippen LogP contribution in [0.4, 0.5) is 13.2 Å². The molecule has 2 aromatic rings. The lowest BCUT2D eigenvalue weighted by Gasteiger charge is -2.31. The summed E-state index contributed by atoms with van der Waals surface area (Å²) in [7, 11) is -2.00. The van der Waals surface area contributed by atoms with Gasteiger partial charge < -0.3 is 9.64 Å². The van der Waals surface area contributed by atoms with Gasteiger partial charge in [0.1, 0.15) is 0 Å². The summed E-state index contributed by atoms with van der Waals surface area (Å²) in [5, 5.41) is 4.15. The molecule has 30 heavy (non-hydrogen) atoms. The lowest BCUT2D eigenvalue weighted by molar-refractivity contribution is -0.137. The molecule has 2 heterocycles. The number of aromatic nitrogens is 2. The Balaban J connectivity index is 1.79. The Kier molecular flexibility index (Phi) is 6.09. The summed E-state index contributed by atoms with van der Waals surface area (Å²) in [5.41, 5.74) is -0.717. The van der Waals surface area contributed by atoms with E-state index in [0.717, 1.165) is 18.4 Å². The number of ether oxygens (including phenoxy) is 1. The second-order valence-corrected chi connectivity index (χ2v) is 8.78. The Bertz CT molecular complexity index is 1030. The number of hydrogen-bond acceptors (Lipinski definition) is 5. The molecule has 1 fully saturated rings. The molecule has 1 N–H and O–H groups in total. The van der Waals surface area contributed by atoms with Crippen molar-refractivity contribution in [2.75, 3.05) is 26.5 Å². The molecule has 1 amide bonds. The third kappa shape index (κ3) is 5.11. The van der Waals surface area contributed by atoms with Gasteiger partial charge in [0.2, 0.25) is 10.0 Å². The quantitative estimate of drug-likeness (QED) is 0.759. The standard InChI is InChI=1S/C18H21F3N4O4S/c1-29-15-11-25(14-5-3-4-12(10-14)18(19,20)21)22-16(15)17(26)24-8-6-13(7-9-24)23-30(2,27)28/h3-5,10-11,13,23H,6-9H2,1-2H3. The van der Waals surface area contributed by atoms with Crippen molar-refractivity contribution in [1.29, 1.82) is 0 Å². The van der Waals surface area contributed by atoms with E-state index in [0.29, 0.717) is 25.9 Å². The summed E-state index contributed by atoms with van der Waals surface area (Å²) in [6, 6.07) is 4.33. The van der Waals surface area contributed by atoms with Crippen LogP contribution in [0.15, 0.2) is 30.5 Å². The number of rotatable bonds is 5. The number of likely N-dealkylation sites (tertiary alicyclic amines) is 1. The van der Waals surface area contributed by atoms with Crippen LogP contribution in [0.5, 0.6) is 5.75 Å². The van der Waals surface area contributed by atoms with Gasteiger partial charge in [0, 0.05) is 19.1 Å². The van der Waals surface area contributed by atoms with Crippen LogP contribution in [0.2, 0.25) is 0 Å². The van der Waals surface area contributed by atoms with Gasteiger partial charge in [-0.2, -0.15) is 18.3 Å². The van der Waals surface area contributed by atoms with Gasteiger partial charge in [-0.25, -0.2) is 17.8 Å². The van der Waals surface area contributed by atoms with Crippen LogP contribution in [-0.2, 0) is 16.2 Å². The molecule has 0 unspecified atom stereocenters. The highest BCUT2D eigenvalue weighted by Gasteiger charge is 2.31. The Hall–Kier alpha value is -2.60. The van der Waals surface area contributed by atoms with Crippen molar-refractivity contribution in [2.45, 2.75) is 25.1 Å². The number of methoxy groups -OCH3 is 1. The number of alkyl halides is 3. The predicted octanol–water partition coefficient (Wildman–Crippen LogP) is 2.05. The first-order valence-corrected chi connectivity index (χ1v) is 10.9. The molecule has 1 aliphatic rings. The average molecular weight is 446 g/mol. The van der Waals surface area contributed by atoms with E-state index in [4.69, 9.17) is 4.74 Å². The molecule has 0 spiro atoms. The van der Waals surface area contributed by atoms with E-state index in [1.165, 1.54) is 35.0 Å². The van der Waals surface area contributed by atoms with Crippen LogP contribution in [0.25, 0.3) is 5.69 Å². The Labute approximate surface area is 171 Å². The van der Waals surface area contributed by atoms with Crippen molar-refractivity contribution in [3.63, 3.8) is 0 Å². The molecule has 0 saturated carbocycles. The van der Waals surface area contributed by atoms with Crippen LogP contribution in [0.3, 0.4) is 0 Å². The van der Waals surface area contributed by atoms with Crippen LogP contribution in [0, 0.1) is 0 Å². The van der Waals surface area contributed by atoms with E-state index in [1.807, 2.05) is 0 Å². The lowest BCUT2D eigenvalue weighted by atomic mass is 10.1. The van der Waals surface area contributed by atoms with Gasteiger partial charge in [0.25, 0.3) is 5.91 Å². The van der Waals surface area contributed by atoms with Crippen molar-refractivity contribution in [1.82, 2.24) is 19.4 Å². The van der Waals surface area contributed by atoms with E-state index >= 15 is 0 Å². The summed E-state index contributed by atoms with van der Waals surface area (Å²) in [5.74, 6) is -0.302. The highest BCUT2D eigenvalue weighted by Crippen LogP contribution is 2.31. The van der Waals surface area contributed by atoms with E-state index in [1.54, 1.807) is 0 Å². The fraction of sp³-hybridized carbons (Fsp3) is 0.444. The van der Waals surface area contributed by atoms with Crippen LogP contribution < -0.4 is 9.46 Å². The second-order valence-electron chi connectivity index (χ2n) is 7.00. The van der Waals surface area contributed by atoms with E-state index in [9.17, 15) is 26.4 Å². The minimum atomic E-state index is -4.50. The monoisotopic (exact) mass is 446 g/mol. The third-order valence-corrected chi connectivity index (χ3v) is 5.47. The molecule has 164 valence electrons. The third-order valence-electron chi connectivity index (χ3n) is 4.70. The molecule has 3 rings (SSSR count). The molecule has 1 aliphatic heterocycles. The molecule has 12 heteroatoms. The Morgan fingerprint density at radius 3 is 2.50 bits per heavy atom. The number of carbonyl (C=O) groups is 1. The van der Waals surface area contributed by atoms with Crippen molar-refractivity contribution < 1.29 is 31.1 Å². The zero-order chi connectivity index (χ0) is 22.1. The van der Waals surface area contributed by atoms with Gasteiger partial charge >= 0.3 is 6.18 Å². The van der Waals surface area contributed by atoms with Gasteiger partial charge in [-0.15, -0.1) is 0 Å². The van der Waals surface area contributed by atoms with Crippen molar-refractivity contribution in [3.8, 4) is 11.4 Å². The lowest BCUT2D eigenvalue weighted by Crippen LogP contribution is -2.46. The molecular formula is C18H21F3N4O4S.